The predicted molar refractivity (Wildman–Crippen MR) is 87.9 cm³/mol. The van der Waals surface area contributed by atoms with Gasteiger partial charge in [0.2, 0.25) is 0 Å². The van der Waals surface area contributed by atoms with Crippen LogP contribution < -0.4 is 16.4 Å². The third-order valence-electron chi connectivity index (χ3n) is 5.11. The van der Waals surface area contributed by atoms with E-state index in [2.05, 4.69) is 10.6 Å². The number of primary amides is 1. The number of hydrogen-bond acceptors (Lipinski definition) is 3. The molecule has 2 heterocycles. The van der Waals surface area contributed by atoms with Gasteiger partial charge in [0.05, 0.1) is 0 Å². The van der Waals surface area contributed by atoms with Crippen molar-refractivity contribution >= 4 is 11.9 Å². The topological polar surface area (TPSA) is 87.5 Å². The van der Waals surface area contributed by atoms with Crippen molar-refractivity contribution in [3.63, 3.8) is 0 Å². The molecule has 0 unspecified atom stereocenters. The van der Waals surface area contributed by atoms with Gasteiger partial charge in [0.1, 0.15) is 0 Å². The summed E-state index contributed by atoms with van der Waals surface area (Å²) in [5, 5.41) is 5.98. The van der Waals surface area contributed by atoms with E-state index >= 15 is 0 Å². The Morgan fingerprint density at radius 2 is 1.87 bits per heavy atom. The lowest BCUT2D eigenvalue weighted by molar-refractivity contribution is 0.0607. The quantitative estimate of drug-likeness (QED) is 0.779. The molecule has 2 saturated heterocycles. The van der Waals surface area contributed by atoms with Gasteiger partial charge in [-0.1, -0.05) is 12.1 Å². The van der Waals surface area contributed by atoms with E-state index in [1.807, 2.05) is 29.2 Å². The highest BCUT2D eigenvalue weighted by molar-refractivity contribution is 5.94. The second-order valence-electron chi connectivity index (χ2n) is 6.63. The van der Waals surface area contributed by atoms with E-state index < -0.39 is 6.03 Å². The standard InChI is InChI=1S/C17H24N4O2/c18-16(23)20-11-13-1-3-14(4-2-13)15(22)21-9-6-17(7-10-21)5-8-19-12-17/h1-4,19H,5-12H2,(H3,18,20,23). The summed E-state index contributed by atoms with van der Waals surface area (Å²) < 4.78 is 0. The Morgan fingerprint density at radius 1 is 1.17 bits per heavy atom. The molecule has 1 spiro atoms. The smallest absolute Gasteiger partial charge is 0.312 e. The van der Waals surface area contributed by atoms with Crippen molar-refractivity contribution in [2.45, 2.75) is 25.8 Å². The monoisotopic (exact) mass is 316 g/mol. The summed E-state index contributed by atoms with van der Waals surface area (Å²) in [6.45, 7) is 4.26. The number of benzene rings is 1. The molecule has 0 radical (unpaired) electrons. The minimum atomic E-state index is -0.547. The van der Waals surface area contributed by atoms with E-state index in [9.17, 15) is 9.59 Å². The zero-order valence-electron chi connectivity index (χ0n) is 13.3. The van der Waals surface area contributed by atoms with Gasteiger partial charge in [0, 0.05) is 31.7 Å². The highest BCUT2D eigenvalue weighted by Crippen LogP contribution is 2.37. The number of carbonyl (C=O) groups excluding carboxylic acids is 2. The highest BCUT2D eigenvalue weighted by atomic mass is 16.2. The van der Waals surface area contributed by atoms with Gasteiger partial charge in [-0.2, -0.15) is 0 Å². The van der Waals surface area contributed by atoms with Crippen molar-refractivity contribution in [1.82, 2.24) is 15.5 Å². The zero-order valence-corrected chi connectivity index (χ0v) is 13.3. The predicted octanol–water partition coefficient (Wildman–Crippen LogP) is 1.07. The highest BCUT2D eigenvalue weighted by Gasteiger charge is 2.38. The number of nitrogens with zero attached hydrogens (tertiary/aromatic N) is 1. The fourth-order valence-electron chi connectivity index (χ4n) is 3.54. The van der Waals surface area contributed by atoms with E-state index in [4.69, 9.17) is 5.73 Å². The van der Waals surface area contributed by atoms with E-state index in [0.29, 0.717) is 17.5 Å². The van der Waals surface area contributed by atoms with Gasteiger partial charge in [-0.05, 0) is 48.9 Å². The van der Waals surface area contributed by atoms with Crippen LogP contribution in [0.4, 0.5) is 4.79 Å². The van der Waals surface area contributed by atoms with Gasteiger partial charge in [-0.15, -0.1) is 0 Å². The first-order valence-corrected chi connectivity index (χ1v) is 8.20. The van der Waals surface area contributed by atoms with Crippen LogP contribution in [0.25, 0.3) is 0 Å². The molecule has 124 valence electrons. The Balaban J connectivity index is 1.57. The Kier molecular flexibility index (Phi) is 4.52. The molecule has 2 aliphatic heterocycles. The maximum atomic E-state index is 12.6. The molecular weight excluding hydrogens is 292 g/mol. The third-order valence-corrected chi connectivity index (χ3v) is 5.11. The van der Waals surface area contributed by atoms with Gasteiger partial charge >= 0.3 is 6.03 Å². The molecule has 23 heavy (non-hydrogen) atoms. The largest absolute Gasteiger partial charge is 0.352 e. The van der Waals surface area contributed by atoms with E-state index in [1.54, 1.807) is 0 Å². The molecule has 4 N–H and O–H groups in total. The Labute approximate surface area is 136 Å². The molecule has 1 aromatic rings. The van der Waals surface area contributed by atoms with Crippen LogP contribution >= 0.6 is 0 Å². The van der Waals surface area contributed by atoms with Crippen LogP contribution in [-0.4, -0.2) is 43.0 Å². The van der Waals surface area contributed by atoms with Gasteiger partial charge in [0.25, 0.3) is 5.91 Å². The number of likely N-dealkylation sites (tertiary alicyclic amines) is 1. The third kappa shape index (κ3) is 3.64. The summed E-state index contributed by atoms with van der Waals surface area (Å²) in [6.07, 6.45) is 3.41. The van der Waals surface area contributed by atoms with Gasteiger partial charge < -0.3 is 21.3 Å². The maximum Gasteiger partial charge on any atom is 0.312 e. The van der Waals surface area contributed by atoms with Crippen LogP contribution in [-0.2, 0) is 6.54 Å². The second-order valence-corrected chi connectivity index (χ2v) is 6.63. The molecule has 1 aromatic carbocycles. The molecule has 6 heteroatoms. The molecule has 6 nitrogen and oxygen atoms in total. The first-order valence-electron chi connectivity index (χ1n) is 8.20. The van der Waals surface area contributed by atoms with Crippen molar-refractivity contribution in [3.05, 3.63) is 35.4 Å². The summed E-state index contributed by atoms with van der Waals surface area (Å²) in [4.78, 5) is 25.3. The van der Waals surface area contributed by atoms with Crippen LogP contribution in [0.5, 0.6) is 0 Å². The number of nitrogens with two attached hydrogens (primary N) is 1. The number of piperidine rings is 1. The minimum Gasteiger partial charge on any atom is -0.352 e. The number of rotatable bonds is 3. The van der Waals surface area contributed by atoms with Crippen LogP contribution in [0, 0.1) is 5.41 Å². The summed E-state index contributed by atoms with van der Waals surface area (Å²) in [7, 11) is 0. The Morgan fingerprint density at radius 3 is 2.43 bits per heavy atom. The first-order chi connectivity index (χ1) is 11.1. The summed E-state index contributed by atoms with van der Waals surface area (Å²) >= 11 is 0. The number of carbonyl (C=O) groups is 2. The molecule has 0 bridgehead atoms. The molecule has 2 aliphatic rings. The Hall–Kier alpha value is -2.08. The number of nitrogens with one attached hydrogen (secondary N) is 2. The summed E-state index contributed by atoms with van der Waals surface area (Å²) in [5.74, 6) is 0.0974. The summed E-state index contributed by atoms with van der Waals surface area (Å²) in [6, 6.07) is 6.81. The number of urea groups is 1. The molecule has 2 fully saturated rings. The second kappa shape index (κ2) is 6.58. The fraction of sp³-hybridized carbons (Fsp3) is 0.529. The SMILES string of the molecule is NC(=O)NCc1ccc(C(=O)N2CCC3(CCNC3)CC2)cc1. The van der Waals surface area contributed by atoms with Crippen LogP contribution in [0.1, 0.15) is 35.2 Å². The first kappa shape index (κ1) is 15.8. The maximum absolute atomic E-state index is 12.6. The van der Waals surface area contributed by atoms with E-state index in [1.165, 1.54) is 6.42 Å². The average Bonchev–Trinajstić information content (AvgIpc) is 3.02. The van der Waals surface area contributed by atoms with Crippen molar-refractivity contribution in [1.29, 1.82) is 0 Å². The summed E-state index contributed by atoms with van der Waals surface area (Å²) in [5.41, 5.74) is 7.10. The van der Waals surface area contributed by atoms with Crippen molar-refractivity contribution in [3.8, 4) is 0 Å². The normalized spacial score (nSPS) is 19.7. The van der Waals surface area contributed by atoms with Crippen molar-refractivity contribution < 1.29 is 9.59 Å². The lowest BCUT2D eigenvalue weighted by Gasteiger charge is -2.38. The lowest BCUT2D eigenvalue weighted by Crippen LogP contribution is -2.44. The molecule has 0 aliphatic carbocycles. The van der Waals surface area contributed by atoms with Gasteiger partial charge in [-0.3, -0.25) is 4.79 Å². The molecule has 0 atom stereocenters. The fourth-order valence-corrected chi connectivity index (χ4v) is 3.54. The number of amides is 3. The molecule has 0 saturated carbocycles. The number of hydrogen-bond donors (Lipinski definition) is 3. The molecule has 3 amide bonds. The molecule has 3 rings (SSSR count). The van der Waals surface area contributed by atoms with E-state index in [-0.39, 0.29) is 5.91 Å². The lowest BCUT2D eigenvalue weighted by atomic mass is 9.78. The molecular formula is C17H24N4O2. The van der Waals surface area contributed by atoms with Crippen molar-refractivity contribution in [2.75, 3.05) is 26.2 Å². The van der Waals surface area contributed by atoms with Gasteiger partial charge in [0.15, 0.2) is 0 Å². The van der Waals surface area contributed by atoms with Crippen molar-refractivity contribution in [2.24, 2.45) is 11.1 Å². The van der Waals surface area contributed by atoms with E-state index in [0.717, 1.165) is 44.6 Å². The molecule has 0 aromatic heterocycles. The van der Waals surface area contributed by atoms with Crippen LogP contribution in [0.3, 0.4) is 0 Å². The minimum absolute atomic E-state index is 0.0974. The average molecular weight is 316 g/mol. The zero-order chi connectivity index (χ0) is 16.3. The van der Waals surface area contributed by atoms with Crippen LogP contribution in [0.2, 0.25) is 0 Å². The van der Waals surface area contributed by atoms with Gasteiger partial charge in [-0.25, -0.2) is 4.79 Å². The Bertz CT molecular complexity index is 569. The van der Waals surface area contributed by atoms with Crippen LogP contribution in [0.15, 0.2) is 24.3 Å².